The van der Waals surface area contributed by atoms with E-state index in [0.717, 1.165) is 5.39 Å². The first kappa shape index (κ1) is 23.8. The van der Waals surface area contributed by atoms with Crippen molar-refractivity contribution in [2.45, 2.75) is 6.42 Å². The molecular formula is C29H32F2N6O2. The van der Waals surface area contributed by atoms with Crippen molar-refractivity contribution in [3.63, 3.8) is 0 Å². The Morgan fingerprint density at radius 3 is 2.69 bits per heavy atom. The molecule has 0 atom stereocenters. The van der Waals surface area contributed by atoms with E-state index in [1.165, 1.54) is 11.7 Å². The third kappa shape index (κ3) is 6.58. The van der Waals surface area contributed by atoms with Crippen molar-refractivity contribution >= 4 is 28.2 Å². The van der Waals surface area contributed by atoms with Gasteiger partial charge >= 0.3 is 0 Å². The van der Waals surface area contributed by atoms with Gasteiger partial charge in [-0.15, -0.1) is 0 Å². The number of methoxy groups -OCH3 is 1. The molecule has 2 aromatic carbocycles. The van der Waals surface area contributed by atoms with Crippen molar-refractivity contribution in [2.75, 3.05) is 51.6 Å². The lowest BCUT2D eigenvalue weighted by molar-refractivity contribution is -0.112. The first-order valence-electron chi connectivity index (χ1n) is 13.7. The van der Waals surface area contributed by atoms with Crippen LogP contribution in [0.5, 0.6) is 5.75 Å². The first-order chi connectivity index (χ1) is 19.9. The average molecular weight is 538 g/mol. The molecule has 10 heteroatoms. The molecule has 39 heavy (non-hydrogen) atoms. The van der Waals surface area contributed by atoms with Crippen LogP contribution in [0.25, 0.3) is 22.2 Å². The molecule has 1 amide bonds. The van der Waals surface area contributed by atoms with Crippen molar-refractivity contribution in [3.8, 4) is 17.0 Å². The van der Waals surface area contributed by atoms with Crippen LogP contribution in [0.4, 0.5) is 20.2 Å². The molecule has 0 fully saturated rings. The predicted octanol–water partition coefficient (Wildman–Crippen LogP) is 4.95. The summed E-state index contributed by atoms with van der Waals surface area (Å²) in [6.45, 7) is -1.06. The maximum atomic E-state index is 12.8. The molecule has 0 aliphatic rings. The van der Waals surface area contributed by atoms with Crippen molar-refractivity contribution < 1.29 is 22.4 Å². The molecule has 0 spiro atoms. The Hall–Kier alpha value is -4.31. The van der Waals surface area contributed by atoms with Gasteiger partial charge in [0.25, 0.3) is 12.0 Å². The molecule has 1 N–H and O–H groups in total. The molecule has 0 radical (unpaired) electrons. The van der Waals surface area contributed by atoms with E-state index in [1.807, 2.05) is 43.1 Å². The van der Waals surface area contributed by atoms with Crippen LogP contribution in [0.15, 0.2) is 67.0 Å². The molecule has 0 saturated heterocycles. The summed E-state index contributed by atoms with van der Waals surface area (Å²) in [5.41, 5.74) is 3.27. The van der Waals surface area contributed by atoms with E-state index in [0.29, 0.717) is 58.4 Å². The SMILES string of the molecule is [2H]C([2H])([2H])n1cc(-c2ccnc(Cc3cc(NC(=O)C=C(F)F)c(N(C)CCN(C)C)cc3OC)n2)c2ccccc21. The number of carbonyl (C=O) groups is 1. The van der Waals surface area contributed by atoms with Crippen molar-refractivity contribution in [2.24, 2.45) is 6.98 Å². The Bertz CT molecular complexity index is 1620. The molecular weight excluding hydrogens is 502 g/mol. The van der Waals surface area contributed by atoms with Crippen LogP contribution < -0.4 is 15.0 Å². The number of benzene rings is 2. The number of ether oxygens (including phenoxy) is 1. The van der Waals surface area contributed by atoms with E-state index in [2.05, 4.69) is 10.3 Å². The van der Waals surface area contributed by atoms with Crippen LogP contribution in [-0.2, 0) is 18.2 Å². The summed E-state index contributed by atoms with van der Waals surface area (Å²) in [6, 6.07) is 12.3. The molecule has 0 bridgehead atoms. The summed E-state index contributed by atoms with van der Waals surface area (Å²) in [7, 11) is 7.22. The quantitative estimate of drug-likeness (QED) is 0.289. The number of nitrogens with one attached hydrogen (secondary N) is 1. The number of fused-ring (bicyclic) bond motifs is 1. The second-order valence-corrected chi connectivity index (χ2v) is 9.29. The number of rotatable bonds is 10. The predicted molar refractivity (Wildman–Crippen MR) is 150 cm³/mol. The molecule has 0 aliphatic heterocycles. The number of nitrogens with zero attached hydrogens (tertiary/aromatic N) is 5. The Morgan fingerprint density at radius 1 is 1.18 bits per heavy atom. The highest BCUT2D eigenvalue weighted by atomic mass is 19.3. The maximum Gasteiger partial charge on any atom is 0.275 e. The largest absolute Gasteiger partial charge is 0.496 e. The molecule has 4 aromatic rings. The average Bonchev–Trinajstić information content (AvgIpc) is 3.32. The van der Waals surface area contributed by atoms with E-state index in [4.69, 9.17) is 13.8 Å². The lowest BCUT2D eigenvalue weighted by atomic mass is 10.1. The molecule has 0 aliphatic carbocycles. The van der Waals surface area contributed by atoms with Crippen molar-refractivity contribution in [1.82, 2.24) is 19.4 Å². The fourth-order valence-electron chi connectivity index (χ4n) is 4.28. The van der Waals surface area contributed by atoms with E-state index in [-0.39, 0.29) is 12.5 Å². The Balaban J connectivity index is 1.74. The van der Waals surface area contributed by atoms with E-state index in [1.54, 1.807) is 42.7 Å². The fourth-order valence-corrected chi connectivity index (χ4v) is 4.28. The number of aromatic nitrogens is 3. The summed E-state index contributed by atoms with van der Waals surface area (Å²) in [5.74, 6) is -0.0469. The van der Waals surface area contributed by atoms with E-state index >= 15 is 0 Å². The third-order valence-corrected chi connectivity index (χ3v) is 6.23. The molecule has 0 saturated carbocycles. The second kappa shape index (κ2) is 12.0. The van der Waals surface area contributed by atoms with Gasteiger partial charge in [0.05, 0.1) is 30.3 Å². The summed E-state index contributed by atoms with van der Waals surface area (Å²) in [6.07, 6.45) is 1.47. The standard InChI is InChI=1S/C29H32F2N6O2/c1-35(2)12-13-36(3)25-16-26(39-5)19(14-23(25)34-29(38)17-27(30)31)15-28-32-11-10-22(33-28)21-18-37(4)24-9-7-6-8-20(21)24/h6-11,14,16-18H,12-13,15H2,1-5H3,(H,34,38)/i4D3. The number of hydrogen-bond donors (Lipinski definition) is 1. The summed E-state index contributed by atoms with van der Waals surface area (Å²) < 4.78 is 56.3. The maximum absolute atomic E-state index is 12.8. The van der Waals surface area contributed by atoms with Gasteiger partial charge in [0.15, 0.2) is 0 Å². The minimum absolute atomic E-state index is 0.187. The Labute approximate surface area is 230 Å². The van der Waals surface area contributed by atoms with Crippen LogP contribution >= 0.6 is 0 Å². The fraction of sp³-hybridized carbons (Fsp3) is 0.276. The lowest BCUT2D eigenvalue weighted by Crippen LogP contribution is -2.29. The lowest BCUT2D eigenvalue weighted by Gasteiger charge is -2.25. The Kier molecular flexibility index (Phi) is 7.34. The minimum Gasteiger partial charge on any atom is -0.496 e. The first-order valence-corrected chi connectivity index (χ1v) is 12.2. The van der Waals surface area contributed by atoms with Gasteiger partial charge in [0.1, 0.15) is 11.6 Å². The number of anilines is 2. The topological polar surface area (TPSA) is 75.5 Å². The number of hydrogen-bond acceptors (Lipinski definition) is 6. The number of para-hydroxylation sites is 1. The zero-order chi connectivity index (χ0) is 30.6. The van der Waals surface area contributed by atoms with Crippen LogP contribution in [0.3, 0.4) is 0 Å². The number of halogens is 2. The molecule has 4 rings (SSSR count). The molecule has 0 unspecified atom stereocenters. The van der Waals surface area contributed by atoms with Gasteiger partial charge in [-0.25, -0.2) is 9.97 Å². The second-order valence-electron chi connectivity index (χ2n) is 9.29. The highest BCUT2D eigenvalue weighted by Gasteiger charge is 2.18. The number of aryl methyl sites for hydroxylation is 1. The van der Waals surface area contributed by atoms with Gasteiger partial charge in [-0.3, -0.25) is 4.79 Å². The van der Waals surface area contributed by atoms with Gasteiger partial charge in [-0.2, -0.15) is 8.78 Å². The van der Waals surface area contributed by atoms with Crippen LogP contribution in [0.1, 0.15) is 15.5 Å². The van der Waals surface area contributed by atoms with Gasteiger partial charge in [-0.05, 0) is 32.3 Å². The molecule has 2 aromatic heterocycles. The normalized spacial score (nSPS) is 12.5. The molecule has 2 heterocycles. The van der Waals surface area contributed by atoms with Crippen LogP contribution in [0, 0.1) is 0 Å². The molecule has 8 nitrogen and oxygen atoms in total. The summed E-state index contributed by atoms with van der Waals surface area (Å²) >= 11 is 0. The van der Waals surface area contributed by atoms with Gasteiger partial charge in [-0.1, -0.05) is 18.2 Å². The number of likely N-dealkylation sites (N-methyl/N-ethyl adjacent to an activating group) is 2. The zero-order valence-electron chi connectivity index (χ0n) is 25.2. The van der Waals surface area contributed by atoms with Crippen LogP contribution in [0.2, 0.25) is 0 Å². The monoisotopic (exact) mass is 537 g/mol. The summed E-state index contributed by atoms with van der Waals surface area (Å²) in [4.78, 5) is 25.3. The molecule has 204 valence electrons. The zero-order valence-corrected chi connectivity index (χ0v) is 22.2. The van der Waals surface area contributed by atoms with Crippen molar-refractivity contribution in [1.29, 1.82) is 0 Å². The van der Waals surface area contributed by atoms with Crippen molar-refractivity contribution in [3.05, 3.63) is 78.4 Å². The Morgan fingerprint density at radius 2 is 1.97 bits per heavy atom. The number of carbonyl (C=O) groups excluding carboxylic acids is 1. The summed E-state index contributed by atoms with van der Waals surface area (Å²) in [5, 5.41) is 3.29. The minimum atomic E-state index is -2.37. The highest BCUT2D eigenvalue weighted by Crippen LogP contribution is 2.35. The van der Waals surface area contributed by atoms with Gasteiger partial charge < -0.3 is 24.4 Å². The smallest absolute Gasteiger partial charge is 0.275 e. The van der Waals surface area contributed by atoms with Gasteiger partial charge in [0, 0.05) is 78.1 Å². The highest BCUT2D eigenvalue weighted by molar-refractivity contribution is 6.02. The third-order valence-electron chi connectivity index (χ3n) is 6.23. The van der Waals surface area contributed by atoms with Gasteiger partial charge in [0.2, 0.25) is 0 Å². The number of amides is 1. The van der Waals surface area contributed by atoms with E-state index in [9.17, 15) is 13.6 Å². The van der Waals surface area contributed by atoms with E-state index < -0.39 is 19.0 Å². The van der Waals surface area contributed by atoms with Crippen LogP contribution in [-0.4, -0.2) is 66.7 Å².